The summed E-state index contributed by atoms with van der Waals surface area (Å²) in [5.74, 6) is 0.507. The Morgan fingerprint density at radius 2 is 2.29 bits per heavy atom. The van der Waals surface area contributed by atoms with E-state index in [-0.39, 0.29) is 5.69 Å². The summed E-state index contributed by atoms with van der Waals surface area (Å²) in [7, 11) is 0. The number of nitro benzene ring substituents is 1. The highest BCUT2D eigenvalue weighted by atomic mass is 16.6. The number of ether oxygens (including phenoxy) is 1. The monoisotopic (exact) mass is 236 g/mol. The molecule has 0 aliphatic heterocycles. The molecule has 1 aromatic carbocycles. The van der Waals surface area contributed by atoms with E-state index in [1.807, 2.05) is 6.92 Å². The lowest BCUT2D eigenvalue weighted by atomic mass is 10.2. The van der Waals surface area contributed by atoms with Crippen LogP contribution < -0.4 is 10.1 Å². The lowest BCUT2D eigenvalue weighted by Crippen LogP contribution is -2.01. The quantitative estimate of drug-likeness (QED) is 0.449. The predicted molar refractivity (Wildman–Crippen MR) is 67.6 cm³/mol. The molecule has 0 saturated carbocycles. The van der Waals surface area contributed by atoms with Gasteiger partial charge in [-0.15, -0.1) is 6.58 Å². The van der Waals surface area contributed by atoms with Crippen molar-refractivity contribution >= 4 is 11.4 Å². The summed E-state index contributed by atoms with van der Waals surface area (Å²) in [6.45, 7) is 6.65. The number of hydrogen-bond acceptors (Lipinski definition) is 4. The number of benzene rings is 1. The summed E-state index contributed by atoms with van der Waals surface area (Å²) in [5, 5.41) is 13.8. The van der Waals surface area contributed by atoms with Crippen LogP contribution in [0.2, 0.25) is 0 Å². The van der Waals surface area contributed by atoms with Crippen molar-refractivity contribution in [3.63, 3.8) is 0 Å². The average molecular weight is 236 g/mol. The molecule has 0 atom stereocenters. The van der Waals surface area contributed by atoms with Crippen LogP contribution in [0.5, 0.6) is 5.75 Å². The average Bonchev–Trinajstić information content (AvgIpc) is 2.33. The van der Waals surface area contributed by atoms with Crippen molar-refractivity contribution in [1.29, 1.82) is 0 Å². The second-order valence-electron chi connectivity index (χ2n) is 3.49. The van der Waals surface area contributed by atoms with Crippen molar-refractivity contribution < 1.29 is 9.66 Å². The molecule has 1 aromatic rings. The second-order valence-corrected chi connectivity index (χ2v) is 3.49. The van der Waals surface area contributed by atoms with Gasteiger partial charge in [0, 0.05) is 24.4 Å². The van der Waals surface area contributed by atoms with Crippen LogP contribution in [0, 0.1) is 10.1 Å². The summed E-state index contributed by atoms with van der Waals surface area (Å²) < 4.78 is 5.40. The van der Waals surface area contributed by atoms with Gasteiger partial charge in [-0.3, -0.25) is 10.1 Å². The van der Waals surface area contributed by atoms with Gasteiger partial charge in [0.1, 0.15) is 5.75 Å². The van der Waals surface area contributed by atoms with Crippen LogP contribution in [0.4, 0.5) is 11.4 Å². The van der Waals surface area contributed by atoms with E-state index < -0.39 is 4.92 Å². The van der Waals surface area contributed by atoms with Crippen LogP contribution in [0.15, 0.2) is 30.9 Å². The minimum Gasteiger partial charge on any atom is -0.493 e. The molecule has 0 heterocycles. The summed E-state index contributed by atoms with van der Waals surface area (Å²) in [6, 6.07) is 4.64. The summed E-state index contributed by atoms with van der Waals surface area (Å²) in [5.41, 5.74) is 0.676. The molecule has 92 valence electrons. The van der Waals surface area contributed by atoms with E-state index >= 15 is 0 Å². The molecule has 0 bridgehead atoms. The van der Waals surface area contributed by atoms with Crippen molar-refractivity contribution in [2.24, 2.45) is 0 Å². The molecule has 5 nitrogen and oxygen atoms in total. The molecule has 0 unspecified atom stereocenters. The standard InChI is InChI=1S/C12H16N2O3/c1-3-5-13-10-7-11(14(15)16)9-12(8-10)17-6-4-2/h3,7-9,13H,1,4-6H2,2H3. The zero-order chi connectivity index (χ0) is 12.7. The van der Waals surface area contributed by atoms with Crippen LogP contribution >= 0.6 is 0 Å². The lowest BCUT2D eigenvalue weighted by Gasteiger charge is -2.08. The van der Waals surface area contributed by atoms with Crippen molar-refractivity contribution in [1.82, 2.24) is 0 Å². The maximum absolute atomic E-state index is 10.8. The summed E-state index contributed by atoms with van der Waals surface area (Å²) >= 11 is 0. The van der Waals surface area contributed by atoms with Crippen LogP contribution in [-0.2, 0) is 0 Å². The molecule has 0 radical (unpaired) electrons. The first-order chi connectivity index (χ1) is 8.17. The van der Waals surface area contributed by atoms with Gasteiger partial charge in [-0.05, 0) is 6.42 Å². The first kappa shape index (κ1) is 13.0. The number of anilines is 1. The van der Waals surface area contributed by atoms with Crippen molar-refractivity contribution in [2.75, 3.05) is 18.5 Å². The first-order valence-corrected chi connectivity index (χ1v) is 5.44. The fraction of sp³-hybridized carbons (Fsp3) is 0.333. The molecule has 1 N–H and O–H groups in total. The van der Waals surface area contributed by atoms with Gasteiger partial charge in [0.05, 0.1) is 17.6 Å². The molecule has 0 amide bonds. The van der Waals surface area contributed by atoms with Gasteiger partial charge in [0.15, 0.2) is 0 Å². The number of hydrogen-bond donors (Lipinski definition) is 1. The maximum atomic E-state index is 10.8. The Balaban J connectivity index is 2.91. The van der Waals surface area contributed by atoms with Gasteiger partial charge >= 0.3 is 0 Å². The molecule has 0 saturated heterocycles. The highest BCUT2D eigenvalue weighted by Gasteiger charge is 2.10. The van der Waals surface area contributed by atoms with Gasteiger partial charge in [-0.1, -0.05) is 13.0 Å². The van der Waals surface area contributed by atoms with Crippen LogP contribution in [0.3, 0.4) is 0 Å². The lowest BCUT2D eigenvalue weighted by molar-refractivity contribution is -0.384. The van der Waals surface area contributed by atoms with Crippen LogP contribution in [-0.4, -0.2) is 18.1 Å². The SMILES string of the molecule is C=CCNc1cc(OCCC)cc([N+](=O)[O-])c1. The fourth-order valence-corrected chi connectivity index (χ4v) is 1.28. The van der Waals surface area contributed by atoms with Crippen LogP contribution in [0.25, 0.3) is 0 Å². The molecule has 1 rings (SSSR count). The number of nitrogens with zero attached hydrogens (tertiary/aromatic N) is 1. The third-order valence-corrected chi connectivity index (χ3v) is 2.03. The van der Waals surface area contributed by atoms with E-state index in [2.05, 4.69) is 11.9 Å². The Morgan fingerprint density at radius 3 is 2.88 bits per heavy atom. The van der Waals surface area contributed by atoms with Crippen molar-refractivity contribution in [3.8, 4) is 5.75 Å². The number of nitrogens with one attached hydrogen (secondary N) is 1. The molecule has 17 heavy (non-hydrogen) atoms. The highest BCUT2D eigenvalue weighted by molar-refractivity contribution is 5.56. The molecule has 0 fully saturated rings. The number of nitro groups is 1. The Bertz CT molecular complexity index is 405. The Morgan fingerprint density at radius 1 is 1.53 bits per heavy atom. The maximum Gasteiger partial charge on any atom is 0.275 e. The van der Waals surface area contributed by atoms with Gasteiger partial charge in [-0.25, -0.2) is 0 Å². The van der Waals surface area contributed by atoms with Crippen LogP contribution in [0.1, 0.15) is 13.3 Å². The number of rotatable bonds is 7. The van der Waals surface area contributed by atoms with E-state index in [9.17, 15) is 10.1 Å². The van der Waals surface area contributed by atoms with Gasteiger partial charge in [0.25, 0.3) is 5.69 Å². The minimum absolute atomic E-state index is 0.0187. The molecule has 0 aliphatic carbocycles. The highest BCUT2D eigenvalue weighted by Crippen LogP contribution is 2.26. The zero-order valence-corrected chi connectivity index (χ0v) is 9.81. The number of non-ortho nitro benzene ring substituents is 1. The molecule has 5 heteroatoms. The van der Waals surface area contributed by atoms with Crippen molar-refractivity contribution in [3.05, 3.63) is 41.0 Å². The predicted octanol–water partition coefficient (Wildman–Crippen LogP) is 2.98. The second kappa shape index (κ2) is 6.52. The van der Waals surface area contributed by atoms with Gasteiger partial charge < -0.3 is 10.1 Å². The third kappa shape index (κ3) is 4.14. The molecular formula is C12H16N2O3. The zero-order valence-electron chi connectivity index (χ0n) is 9.81. The van der Waals surface area contributed by atoms with E-state index in [1.54, 1.807) is 12.1 Å². The van der Waals surface area contributed by atoms with Gasteiger partial charge in [0.2, 0.25) is 0 Å². The molecular weight excluding hydrogens is 220 g/mol. The Hall–Kier alpha value is -2.04. The van der Waals surface area contributed by atoms with E-state index in [1.165, 1.54) is 12.1 Å². The van der Waals surface area contributed by atoms with Gasteiger partial charge in [-0.2, -0.15) is 0 Å². The Labute approximate surface area is 100 Å². The minimum atomic E-state index is -0.433. The fourth-order valence-electron chi connectivity index (χ4n) is 1.28. The van der Waals surface area contributed by atoms with Crippen molar-refractivity contribution in [2.45, 2.75) is 13.3 Å². The Kier molecular flexibility index (Phi) is 5.00. The molecule has 0 aromatic heterocycles. The van der Waals surface area contributed by atoms with E-state index in [4.69, 9.17) is 4.74 Å². The summed E-state index contributed by atoms with van der Waals surface area (Å²) in [6.07, 6.45) is 2.55. The topological polar surface area (TPSA) is 64.4 Å². The third-order valence-electron chi connectivity index (χ3n) is 2.03. The normalized spacial score (nSPS) is 9.71. The van der Waals surface area contributed by atoms with E-state index in [0.29, 0.717) is 24.6 Å². The van der Waals surface area contributed by atoms with E-state index in [0.717, 1.165) is 6.42 Å². The molecule has 0 aliphatic rings. The molecule has 0 spiro atoms. The largest absolute Gasteiger partial charge is 0.493 e. The summed E-state index contributed by atoms with van der Waals surface area (Å²) in [4.78, 5) is 10.3. The first-order valence-electron chi connectivity index (χ1n) is 5.44. The smallest absolute Gasteiger partial charge is 0.275 e.